The van der Waals surface area contributed by atoms with Crippen molar-refractivity contribution in [2.45, 2.75) is 33.3 Å². The van der Waals surface area contributed by atoms with E-state index in [0.717, 1.165) is 22.2 Å². The van der Waals surface area contributed by atoms with Crippen LogP contribution >= 0.6 is 0 Å². The highest BCUT2D eigenvalue weighted by Crippen LogP contribution is 2.25. The number of carboxylic acid groups (broad SMARTS) is 1. The second-order valence-electron chi connectivity index (χ2n) is 5.18. The minimum atomic E-state index is -1.26. The molecule has 1 N–H and O–H groups in total. The molecule has 1 heterocycles. The van der Waals surface area contributed by atoms with Gasteiger partial charge in [-0.25, -0.2) is 4.79 Å². The van der Waals surface area contributed by atoms with E-state index >= 15 is 0 Å². The number of aryl methyl sites for hydroxylation is 2. The number of nitrogens with zero attached hydrogens (tertiary/aromatic N) is 1. The van der Waals surface area contributed by atoms with Crippen molar-refractivity contribution >= 4 is 16.9 Å². The van der Waals surface area contributed by atoms with E-state index in [1.807, 2.05) is 26.0 Å². The van der Waals surface area contributed by atoms with Gasteiger partial charge in [-0.2, -0.15) is 0 Å². The summed E-state index contributed by atoms with van der Waals surface area (Å²) in [6.07, 6.45) is 0. The van der Waals surface area contributed by atoms with Gasteiger partial charge < -0.3 is 9.84 Å². The Balaban J connectivity index is 2.45. The van der Waals surface area contributed by atoms with Crippen LogP contribution in [-0.2, 0) is 4.79 Å². The number of carbonyl (C=O) groups is 1. The number of ether oxygens (including phenoxy) is 1. The molecule has 0 aliphatic carbocycles. The van der Waals surface area contributed by atoms with E-state index in [-0.39, 0.29) is 0 Å². The van der Waals surface area contributed by atoms with Gasteiger partial charge in [0.1, 0.15) is 5.75 Å². The third kappa shape index (κ3) is 2.67. The van der Waals surface area contributed by atoms with Gasteiger partial charge in [0.25, 0.3) is 0 Å². The van der Waals surface area contributed by atoms with Gasteiger partial charge in [-0.15, -0.1) is 0 Å². The summed E-state index contributed by atoms with van der Waals surface area (Å²) in [5, 5.41) is 10.1. The standard InChI is InChI=1S/C15H17NO3/c1-9-7-10(2)16-13-8-11(5-6-12(9)13)19-15(3,4)14(17)18/h5-8H,1-4H3,(H,17,18). The summed E-state index contributed by atoms with van der Waals surface area (Å²) in [4.78, 5) is 15.5. The Bertz CT molecular complexity index is 647. The Morgan fingerprint density at radius 1 is 1.26 bits per heavy atom. The molecule has 100 valence electrons. The first-order chi connectivity index (χ1) is 8.79. The molecule has 1 aromatic carbocycles. The minimum absolute atomic E-state index is 0.511. The molecule has 0 spiro atoms. The summed E-state index contributed by atoms with van der Waals surface area (Å²) < 4.78 is 5.51. The fraction of sp³-hybridized carbons (Fsp3) is 0.333. The smallest absolute Gasteiger partial charge is 0.347 e. The number of benzene rings is 1. The monoisotopic (exact) mass is 259 g/mol. The minimum Gasteiger partial charge on any atom is -0.478 e. The number of aromatic nitrogens is 1. The molecule has 1 aromatic heterocycles. The zero-order valence-corrected chi connectivity index (χ0v) is 11.5. The van der Waals surface area contributed by atoms with Gasteiger partial charge in [0.15, 0.2) is 5.60 Å². The lowest BCUT2D eigenvalue weighted by atomic mass is 10.1. The molecule has 0 unspecified atom stereocenters. The van der Waals surface area contributed by atoms with E-state index in [0.29, 0.717) is 5.75 Å². The summed E-state index contributed by atoms with van der Waals surface area (Å²) in [6.45, 7) is 7.00. The topological polar surface area (TPSA) is 59.4 Å². The van der Waals surface area contributed by atoms with E-state index in [1.165, 1.54) is 13.8 Å². The fourth-order valence-corrected chi connectivity index (χ4v) is 1.95. The summed E-state index contributed by atoms with van der Waals surface area (Å²) in [5.74, 6) is -0.488. The van der Waals surface area contributed by atoms with Crippen molar-refractivity contribution in [2.24, 2.45) is 0 Å². The molecule has 0 saturated heterocycles. The van der Waals surface area contributed by atoms with Crippen molar-refractivity contribution in [3.63, 3.8) is 0 Å². The maximum absolute atomic E-state index is 11.1. The van der Waals surface area contributed by atoms with Gasteiger partial charge in [0.2, 0.25) is 0 Å². The average Bonchev–Trinajstić information content (AvgIpc) is 2.27. The van der Waals surface area contributed by atoms with Crippen molar-refractivity contribution in [1.82, 2.24) is 4.98 Å². The summed E-state index contributed by atoms with van der Waals surface area (Å²) >= 11 is 0. The Morgan fingerprint density at radius 3 is 2.58 bits per heavy atom. The second-order valence-corrected chi connectivity index (χ2v) is 5.18. The van der Waals surface area contributed by atoms with Crippen molar-refractivity contribution in [1.29, 1.82) is 0 Å². The fourth-order valence-electron chi connectivity index (χ4n) is 1.95. The molecule has 0 aliphatic rings. The second kappa shape index (κ2) is 4.53. The lowest BCUT2D eigenvalue weighted by Crippen LogP contribution is -2.37. The van der Waals surface area contributed by atoms with Crippen molar-refractivity contribution in [3.8, 4) is 5.75 Å². The van der Waals surface area contributed by atoms with Crippen LogP contribution in [0, 0.1) is 13.8 Å². The van der Waals surface area contributed by atoms with Crippen LogP contribution in [0.4, 0.5) is 0 Å². The molecule has 0 amide bonds. The predicted molar refractivity (Wildman–Crippen MR) is 73.6 cm³/mol. The number of aliphatic carboxylic acids is 1. The van der Waals surface area contributed by atoms with Crippen molar-refractivity contribution in [2.75, 3.05) is 0 Å². The number of hydrogen-bond acceptors (Lipinski definition) is 3. The van der Waals surface area contributed by atoms with Crippen LogP contribution < -0.4 is 4.74 Å². The van der Waals surface area contributed by atoms with Crippen LogP contribution in [0.25, 0.3) is 10.9 Å². The Labute approximate surface area is 112 Å². The van der Waals surface area contributed by atoms with Gasteiger partial charge in [-0.3, -0.25) is 4.98 Å². The van der Waals surface area contributed by atoms with Crippen molar-refractivity contribution < 1.29 is 14.6 Å². The molecule has 0 bridgehead atoms. The van der Waals surface area contributed by atoms with E-state index in [4.69, 9.17) is 9.84 Å². The average molecular weight is 259 g/mol. The van der Waals surface area contributed by atoms with E-state index in [1.54, 1.807) is 12.1 Å². The van der Waals surface area contributed by atoms with Gasteiger partial charge in [0.05, 0.1) is 5.52 Å². The van der Waals surface area contributed by atoms with Crippen LogP contribution in [0.1, 0.15) is 25.1 Å². The summed E-state index contributed by atoms with van der Waals surface area (Å²) in [7, 11) is 0. The van der Waals surface area contributed by atoms with E-state index in [9.17, 15) is 4.79 Å². The lowest BCUT2D eigenvalue weighted by molar-refractivity contribution is -0.152. The molecule has 0 saturated carbocycles. The summed E-state index contributed by atoms with van der Waals surface area (Å²) in [6, 6.07) is 7.48. The number of rotatable bonds is 3. The van der Waals surface area contributed by atoms with Crippen LogP contribution in [0.15, 0.2) is 24.3 Å². The van der Waals surface area contributed by atoms with Gasteiger partial charge >= 0.3 is 5.97 Å². The highest BCUT2D eigenvalue weighted by atomic mass is 16.5. The number of fused-ring (bicyclic) bond motifs is 1. The molecule has 4 nitrogen and oxygen atoms in total. The molecule has 4 heteroatoms. The molecule has 0 aliphatic heterocycles. The third-order valence-electron chi connectivity index (χ3n) is 3.00. The Morgan fingerprint density at radius 2 is 1.95 bits per heavy atom. The Kier molecular flexibility index (Phi) is 3.18. The molecular formula is C15H17NO3. The van der Waals surface area contributed by atoms with Crippen LogP contribution in [0.2, 0.25) is 0 Å². The van der Waals surface area contributed by atoms with Crippen LogP contribution in [-0.4, -0.2) is 21.7 Å². The normalized spacial score (nSPS) is 11.6. The quantitative estimate of drug-likeness (QED) is 0.920. The molecular weight excluding hydrogens is 242 g/mol. The number of hydrogen-bond donors (Lipinski definition) is 1. The highest BCUT2D eigenvalue weighted by Gasteiger charge is 2.29. The van der Waals surface area contributed by atoms with E-state index < -0.39 is 11.6 Å². The molecule has 0 fully saturated rings. The molecule has 0 radical (unpaired) electrons. The van der Waals surface area contributed by atoms with Crippen molar-refractivity contribution in [3.05, 3.63) is 35.5 Å². The first-order valence-electron chi connectivity index (χ1n) is 6.10. The number of carboxylic acids is 1. The van der Waals surface area contributed by atoms with Gasteiger partial charge in [-0.1, -0.05) is 0 Å². The lowest BCUT2D eigenvalue weighted by Gasteiger charge is -2.21. The molecule has 0 atom stereocenters. The van der Waals surface area contributed by atoms with Crippen LogP contribution in [0.5, 0.6) is 5.75 Å². The SMILES string of the molecule is Cc1cc(C)c2ccc(OC(C)(C)C(=O)O)cc2n1. The molecule has 19 heavy (non-hydrogen) atoms. The highest BCUT2D eigenvalue weighted by molar-refractivity contribution is 5.84. The van der Waals surface area contributed by atoms with E-state index in [2.05, 4.69) is 4.98 Å². The maximum Gasteiger partial charge on any atom is 0.347 e. The van der Waals surface area contributed by atoms with Gasteiger partial charge in [0, 0.05) is 17.1 Å². The zero-order chi connectivity index (χ0) is 14.2. The first kappa shape index (κ1) is 13.3. The number of pyridine rings is 1. The molecule has 2 aromatic rings. The largest absolute Gasteiger partial charge is 0.478 e. The Hall–Kier alpha value is -2.10. The predicted octanol–water partition coefficient (Wildman–Crippen LogP) is 3.09. The third-order valence-corrected chi connectivity index (χ3v) is 3.00. The van der Waals surface area contributed by atoms with Gasteiger partial charge in [-0.05, 0) is 51.5 Å². The zero-order valence-electron chi connectivity index (χ0n) is 11.5. The van der Waals surface area contributed by atoms with Crippen LogP contribution in [0.3, 0.4) is 0 Å². The first-order valence-corrected chi connectivity index (χ1v) is 6.10. The summed E-state index contributed by atoms with van der Waals surface area (Å²) in [5.41, 5.74) is 1.63. The maximum atomic E-state index is 11.1. The molecule has 2 rings (SSSR count).